The SMILES string of the molecule is CN1C(C2CCC2)CC(=O)N1CC(=O)O. The first kappa shape index (κ1) is 10.4. The van der Waals surface area contributed by atoms with E-state index in [1.54, 1.807) is 0 Å². The van der Waals surface area contributed by atoms with Gasteiger partial charge in [0.1, 0.15) is 6.54 Å². The number of aliphatic carboxylic acids is 1. The zero-order chi connectivity index (χ0) is 11.0. The molecule has 1 atom stereocenters. The van der Waals surface area contributed by atoms with Crippen molar-refractivity contribution < 1.29 is 14.7 Å². The highest BCUT2D eigenvalue weighted by molar-refractivity contribution is 5.82. The summed E-state index contributed by atoms with van der Waals surface area (Å²) < 4.78 is 0. The van der Waals surface area contributed by atoms with Crippen LogP contribution < -0.4 is 0 Å². The molecule has 2 rings (SSSR count). The minimum atomic E-state index is -0.954. The van der Waals surface area contributed by atoms with Crippen molar-refractivity contribution in [1.82, 2.24) is 10.0 Å². The maximum Gasteiger partial charge on any atom is 0.324 e. The Morgan fingerprint density at radius 3 is 2.67 bits per heavy atom. The highest BCUT2D eigenvalue weighted by atomic mass is 16.4. The van der Waals surface area contributed by atoms with E-state index in [9.17, 15) is 9.59 Å². The first-order valence-electron chi connectivity index (χ1n) is 5.34. The molecule has 1 amide bonds. The average Bonchev–Trinajstić information content (AvgIpc) is 2.30. The Morgan fingerprint density at radius 1 is 1.53 bits per heavy atom. The van der Waals surface area contributed by atoms with Crippen molar-refractivity contribution in [2.24, 2.45) is 5.92 Å². The predicted octanol–water partition coefficient (Wildman–Crippen LogP) is 0.319. The summed E-state index contributed by atoms with van der Waals surface area (Å²) in [4.78, 5) is 22.2. The average molecular weight is 212 g/mol. The minimum absolute atomic E-state index is 0.0585. The lowest BCUT2D eigenvalue weighted by Crippen LogP contribution is -2.45. The standard InChI is InChI=1S/C10H16N2O3/c1-11-8(7-3-2-4-7)5-9(13)12(11)6-10(14)15/h7-8H,2-6H2,1H3,(H,14,15). The van der Waals surface area contributed by atoms with Crippen molar-refractivity contribution in [1.29, 1.82) is 0 Å². The molecular weight excluding hydrogens is 196 g/mol. The van der Waals surface area contributed by atoms with Crippen molar-refractivity contribution in [3.05, 3.63) is 0 Å². The molecule has 1 unspecified atom stereocenters. The van der Waals surface area contributed by atoms with E-state index < -0.39 is 5.97 Å². The highest BCUT2D eigenvalue weighted by Gasteiger charge is 2.41. The number of carboxylic acid groups (broad SMARTS) is 1. The first-order valence-corrected chi connectivity index (χ1v) is 5.34. The van der Waals surface area contributed by atoms with Gasteiger partial charge in [0.05, 0.1) is 0 Å². The largest absolute Gasteiger partial charge is 0.480 e. The topological polar surface area (TPSA) is 60.9 Å². The quantitative estimate of drug-likeness (QED) is 0.731. The molecule has 1 saturated carbocycles. The summed E-state index contributed by atoms with van der Waals surface area (Å²) in [5, 5.41) is 11.9. The number of hydrazine groups is 1. The van der Waals surface area contributed by atoms with Gasteiger partial charge < -0.3 is 5.11 Å². The van der Waals surface area contributed by atoms with Gasteiger partial charge in [0.15, 0.2) is 0 Å². The molecule has 15 heavy (non-hydrogen) atoms. The molecular formula is C10H16N2O3. The maximum absolute atomic E-state index is 11.6. The van der Waals surface area contributed by atoms with Crippen LogP contribution in [-0.2, 0) is 9.59 Å². The monoisotopic (exact) mass is 212 g/mol. The molecule has 1 N–H and O–H groups in total. The molecule has 0 radical (unpaired) electrons. The number of amides is 1. The van der Waals surface area contributed by atoms with Gasteiger partial charge in [0.2, 0.25) is 5.91 Å². The fraction of sp³-hybridized carbons (Fsp3) is 0.800. The van der Waals surface area contributed by atoms with Gasteiger partial charge in [0.25, 0.3) is 0 Å². The lowest BCUT2D eigenvalue weighted by atomic mass is 9.79. The molecule has 5 heteroatoms. The lowest BCUT2D eigenvalue weighted by Gasteiger charge is -2.36. The molecule has 1 aliphatic carbocycles. The summed E-state index contributed by atoms with van der Waals surface area (Å²) in [6, 6.07) is 0.227. The third kappa shape index (κ3) is 1.84. The minimum Gasteiger partial charge on any atom is -0.480 e. The zero-order valence-corrected chi connectivity index (χ0v) is 8.85. The molecule has 84 valence electrons. The van der Waals surface area contributed by atoms with E-state index in [-0.39, 0.29) is 18.5 Å². The van der Waals surface area contributed by atoms with Crippen LogP contribution in [0.3, 0.4) is 0 Å². The molecule has 1 aliphatic heterocycles. The Kier molecular flexibility index (Phi) is 2.65. The summed E-state index contributed by atoms with van der Waals surface area (Å²) in [6.07, 6.45) is 4.06. The van der Waals surface area contributed by atoms with Crippen molar-refractivity contribution >= 4 is 11.9 Å². The summed E-state index contributed by atoms with van der Waals surface area (Å²) in [6.45, 7) is -0.210. The summed E-state index contributed by atoms with van der Waals surface area (Å²) in [5.74, 6) is -0.431. The molecule has 2 aliphatic rings. The Hall–Kier alpha value is -1.10. The Morgan fingerprint density at radius 2 is 2.20 bits per heavy atom. The number of carbonyl (C=O) groups is 2. The number of rotatable bonds is 3. The Bertz CT molecular complexity index is 288. The number of hydrogen-bond acceptors (Lipinski definition) is 3. The van der Waals surface area contributed by atoms with E-state index in [1.807, 2.05) is 12.1 Å². The van der Waals surface area contributed by atoms with Crippen LogP contribution in [0.15, 0.2) is 0 Å². The first-order chi connectivity index (χ1) is 7.09. The van der Waals surface area contributed by atoms with Crippen molar-refractivity contribution in [3.8, 4) is 0 Å². The molecule has 1 saturated heterocycles. The number of carbonyl (C=O) groups excluding carboxylic acids is 1. The second-order valence-electron chi connectivity index (χ2n) is 4.38. The van der Waals surface area contributed by atoms with Gasteiger partial charge in [-0.15, -0.1) is 0 Å². The van der Waals surface area contributed by atoms with E-state index in [2.05, 4.69) is 0 Å². The van der Waals surface area contributed by atoms with E-state index in [0.717, 1.165) is 0 Å². The lowest BCUT2D eigenvalue weighted by molar-refractivity contribution is -0.151. The number of nitrogens with zero attached hydrogens (tertiary/aromatic N) is 2. The van der Waals surface area contributed by atoms with Gasteiger partial charge in [-0.2, -0.15) is 0 Å². The van der Waals surface area contributed by atoms with Crippen LogP contribution in [0.4, 0.5) is 0 Å². The van der Waals surface area contributed by atoms with E-state index in [4.69, 9.17) is 5.11 Å². The van der Waals surface area contributed by atoms with Crippen molar-refractivity contribution in [2.45, 2.75) is 31.7 Å². The second kappa shape index (κ2) is 3.81. The molecule has 1 heterocycles. The fourth-order valence-electron chi connectivity index (χ4n) is 2.40. The molecule has 5 nitrogen and oxygen atoms in total. The van der Waals surface area contributed by atoms with Crippen LogP contribution in [-0.4, -0.2) is 46.6 Å². The fourth-order valence-corrected chi connectivity index (χ4v) is 2.40. The van der Waals surface area contributed by atoms with Crippen LogP contribution in [0.1, 0.15) is 25.7 Å². The van der Waals surface area contributed by atoms with Crippen LogP contribution >= 0.6 is 0 Å². The normalized spacial score (nSPS) is 28.2. The number of carboxylic acids is 1. The smallest absolute Gasteiger partial charge is 0.324 e. The molecule has 0 aromatic carbocycles. The summed E-state index contributed by atoms with van der Waals surface area (Å²) in [7, 11) is 1.82. The van der Waals surface area contributed by atoms with Crippen molar-refractivity contribution in [2.75, 3.05) is 13.6 Å². The predicted molar refractivity (Wildman–Crippen MR) is 52.9 cm³/mol. The third-order valence-corrected chi connectivity index (χ3v) is 3.51. The molecule has 0 aromatic rings. The molecule has 2 fully saturated rings. The van der Waals surface area contributed by atoms with Crippen molar-refractivity contribution in [3.63, 3.8) is 0 Å². The molecule has 0 bridgehead atoms. The van der Waals surface area contributed by atoms with Gasteiger partial charge in [-0.05, 0) is 18.8 Å². The summed E-state index contributed by atoms with van der Waals surface area (Å²) >= 11 is 0. The van der Waals surface area contributed by atoms with Gasteiger partial charge in [0, 0.05) is 19.5 Å². The van der Waals surface area contributed by atoms with Gasteiger partial charge in [-0.1, -0.05) is 6.42 Å². The molecule has 0 aromatic heterocycles. The van der Waals surface area contributed by atoms with Gasteiger partial charge in [-0.3, -0.25) is 14.6 Å². The van der Waals surface area contributed by atoms with Gasteiger partial charge in [-0.25, -0.2) is 5.01 Å². The van der Waals surface area contributed by atoms with E-state index in [1.165, 1.54) is 24.3 Å². The molecule has 0 spiro atoms. The summed E-state index contributed by atoms with van der Waals surface area (Å²) in [5.41, 5.74) is 0. The Balaban J connectivity index is 2.01. The zero-order valence-electron chi connectivity index (χ0n) is 8.85. The number of hydrogen-bond donors (Lipinski definition) is 1. The van der Waals surface area contributed by atoms with Gasteiger partial charge >= 0.3 is 5.97 Å². The maximum atomic E-state index is 11.6. The van der Waals surface area contributed by atoms with E-state index >= 15 is 0 Å². The second-order valence-corrected chi connectivity index (χ2v) is 4.38. The highest BCUT2D eigenvalue weighted by Crippen LogP contribution is 2.36. The van der Waals surface area contributed by atoms with Crippen LogP contribution in [0.5, 0.6) is 0 Å². The Labute approximate surface area is 88.6 Å². The van der Waals surface area contributed by atoms with Crippen LogP contribution in [0.25, 0.3) is 0 Å². The van der Waals surface area contributed by atoms with Crippen LogP contribution in [0, 0.1) is 5.92 Å². The third-order valence-electron chi connectivity index (χ3n) is 3.51. The van der Waals surface area contributed by atoms with Crippen LogP contribution in [0.2, 0.25) is 0 Å². The van der Waals surface area contributed by atoms with E-state index in [0.29, 0.717) is 12.3 Å².